The highest BCUT2D eigenvalue weighted by Crippen LogP contribution is 2.22. The van der Waals surface area contributed by atoms with Gasteiger partial charge in [-0.2, -0.15) is 0 Å². The van der Waals surface area contributed by atoms with Gasteiger partial charge in [-0.25, -0.2) is 4.79 Å². The molecule has 5 heteroatoms. The van der Waals surface area contributed by atoms with Gasteiger partial charge in [0.05, 0.1) is 6.61 Å². The third kappa shape index (κ3) is 6.87. The highest BCUT2D eigenvalue weighted by atomic mass is 16.6. The predicted octanol–water partition coefficient (Wildman–Crippen LogP) is 4.03. The Kier molecular flexibility index (Phi) is 7.03. The molecule has 2 heterocycles. The van der Waals surface area contributed by atoms with Gasteiger partial charge in [-0.05, 0) is 70.1 Å². The number of pyridine rings is 1. The summed E-state index contributed by atoms with van der Waals surface area (Å²) in [7, 11) is 0. The highest BCUT2D eigenvalue weighted by molar-refractivity contribution is 5.68. The van der Waals surface area contributed by atoms with Crippen LogP contribution in [0.1, 0.15) is 52.0 Å². The summed E-state index contributed by atoms with van der Waals surface area (Å²) in [5, 5.41) is 0. The second-order valence-electron chi connectivity index (χ2n) is 7.48. The summed E-state index contributed by atoms with van der Waals surface area (Å²) in [6.45, 7) is 8.73. The van der Waals surface area contributed by atoms with Gasteiger partial charge in [-0.1, -0.05) is 0 Å². The van der Waals surface area contributed by atoms with Crippen molar-refractivity contribution < 1.29 is 14.3 Å². The standard InChI is InChI=1S/C19H30N2O3/c1-19(2,3)24-18(22)21-12-4-6-16(14-21)7-5-13-23-15-17-8-10-20-11-9-17/h8-11,16H,4-7,12-15H2,1-3H3/t16-/m1/s1. The Morgan fingerprint density at radius 1 is 1.33 bits per heavy atom. The second kappa shape index (κ2) is 9.02. The van der Waals surface area contributed by atoms with E-state index in [1.54, 1.807) is 12.4 Å². The zero-order valence-electron chi connectivity index (χ0n) is 15.2. The molecule has 1 saturated heterocycles. The van der Waals surface area contributed by atoms with Crippen molar-refractivity contribution >= 4 is 6.09 Å². The van der Waals surface area contributed by atoms with Crippen molar-refractivity contribution in [1.82, 2.24) is 9.88 Å². The molecular weight excluding hydrogens is 304 g/mol. The Bertz CT molecular complexity index is 499. The molecule has 0 N–H and O–H groups in total. The van der Waals surface area contributed by atoms with Gasteiger partial charge in [0.25, 0.3) is 0 Å². The van der Waals surface area contributed by atoms with Crippen LogP contribution in [0.3, 0.4) is 0 Å². The number of hydrogen-bond acceptors (Lipinski definition) is 4. The molecule has 0 aromatic carbocycles. The van der Waals surface area contributed by atoms with Gasteiger partial charge in [0, 0.05) is 32.1 Å². The van der Waals surface area contributed by atoms with E-state index >= 15 is 0 Å². The zero-order chi connectivity index (χ0) is 17.4. The van der Waals surface area contributed by atoms with Crippen molar-refractivity contribution in [3.63, 3.8) is 0 Å². The van der Waals surface area contributed by atoms with E-state index in [-0.39, 0.29) is 6.09 Å². The maximum atomic E-state index is 12.2. The Labute approximate surface area is 145 Å². The highest BCUT2D eigenvalue weighted by Gasteiger charge is 2.27. The van der Waals surface area contributed by atoms with Crippen LogP contribution in [0.15, 0.2) is 24.5 Å². The van der Waals surface area contributed by atoms with E-state index in [1.807, 2.05) is 37.8 Å². The molecule has 1 aromatic rings. The van der Waals surface area contributed by atoms with Gasteiger partial charge < -0.3 is 14.4 Å². The molecule has 0 radical (unpaired) electrons. The minimum atomic E-state index is -0.426. The molecule has 1 fully saturated rings. The summed E-state index contributed by atoms with van der Waals surface area (Å²) in [5.74, 6) is 0.552. The van der Waals surface area contributed by atoms with Crippen molar-refractivity contribution in [2.24, 2.45) is 5.92 Å². The summed E-state index contributed by atoms with van der Waals surface area (Å²) in [5.41, 5.74) is 0.726. The monoisotopic (exact) mass is 334 g/mol. The number of likely N-dealkylation sites (tertiary alicyclic amines) is 1. The van der Waals surface area contributed by atoms with Crippen LogP contribution in [0.5, 0.6) is 0 Å². The summed E-state index contributed by atoms with van der Waals surface area (Å²) in [4.78, 5) is 18.0. The molecule has 1 aliphatic rings. The normalized spacial score (nSPS) is 18.5. The lowest BCUT2D eigenvalue weighted by atomic mass is 9.94. The van der Waals surface area contributed by atoms with Crippen LogP contribution in [-0.2, 0) is 16.1 Å². The van der Waals surface area contributed by atoms with Crippen LogP contribution in [0.4, 0.5) is 4.79 Å². The fraction of sp³-hybridized carbons (Fsp3) is 0.684. The summed E-state index contributed by atoms with van der Waals surface area (Å²) < 4.78 is 11.2. The number of ether oxygens (including phenoxy) is 2. The number of carbonyl (C=O) groups excluding carboxylic acids is 1. The number of amides is 1. The minimum Gasteiger partial charge on any atom is -0.444 e. The van der Waals surface area contributed by atoms with Crippen molar-refractivity contribution in [1.29, 1.82) is 0 Å². The first kappa shape index (κ1) is 18.7. The molecule has 2 rings (SSSR count). The third-order valence-electron chi connectivity index (χ3n) is 4.09. The van der Waals surface area contributed by atoms with Crippen LogP contribution >= 0.6 is 0 Å². The van der Waals surface area contributed by atoms with Crippen molar-refractivity contribution in [3.8, 4) is 0 Å². The van der Waals surface area contributed by atoms with Crippen LogP contribution in [0.25, 0.3) is 0 Å². The molecular formula is C19H30N2O3. The fourth-order valence-corrected chi connectivity index (χ4v) is 2.94. The van der Waals surface area contributed by atoms with Crippen molar-refractivity contribution in [3.05, 3.63) is 30.1 Å². The first-order valence-corrected chi connectivity index (χ1v) is 8.88. The first-order chi connectivity index (χ1) is 11.4. The van der Waals surface area contributed by atoms with Crippen LogP contribution in [-0.4, -0.2) is 41.3 Å². The fourth-order valence-electron chi connectivity index (χ4n) is 2.94. The van der Waals surface area contributed by atoms with Gasteiger partial charge in [0.2, 0.25) is 0 Å². The number of rotatable bonds is 6. The van der Waals surface area contributed by atoms with Gasteiger partial charge >= 0.3 is 6.09 Å². The lowest BCUT2D eigenvalue weighted by molar-refractivity contribution is 0.0155. The van der Waals surface area contributed by atoms with Gasteiger partial charge in [0.1, 0.15) is 5.60 Å². The quantitative estimate of drug-likeness (QED) is 0.737. The Hall–Kier alpha value is -1.62. The molecule has 5 nitrogen and oxygen atoms in total. The van der Waals surface area contributed by atoms with E-state index in [1.165, 1.54) is 6.42 Å². The summed E-state index contributed by atoms with van der Waals surface area (Å²) in [6.07, 6.45) is 7.75. The zero-order valence-corrected chi connectivity index (χ0v) is 15.2. The van der Waals surface area contributed by atoms with Crippen LogP contribution in [0, 0.1) is 5.92 Å². The average molecular weight is 334 g/mol. The number of aromatic nitrogens is 1. The lowest BCUT2D eigenvalue weighted by Gasteiger charge is -2.34. The third-order valence-corrected chi connectivity index (χ3v) is 4.09. The molecule has 0 bridgehead atoms. The van der Waals surface area contributed by atoms with E-state index in [2.05, 4.69) is 4.98 Å². The van der Waals surface area contributed by atoms with Gasteiger partial charge in [-0.3, -0.25) is 4.98 Å². The molecule has 1 amide bonds. The Morgan fingerprint density at radius 2 is 2.08 bits per heavy atom. The maximum Gasteiger partial charge on any atom is 0.410 e. The molecule has 0 aliphatic carbocycles. The van der Waals surface area contributed by atoms with Crippen molar-refractivity contribution in [2.45, 2.75) is 58.7 Å². The number of piperidine rings is 1. The molecule has 1 atom stereocenters. The lowest BCUT2D eigenvalue weighted by Crippen LogP contribution is -2.42. The molecule has 1 aromatic heterocycles. The largest absolute Gasteiger partial charge is 0.444 e. The van der Waals surface area contributed by atoms with Crippen LogP contribution in [0.2, 0.25) is 0 Å². The first-order valence-electron chi connectivity index (χ1n) is 8.88. The molecule has 0 spiro atoms. The molecule has 0 unspecified atom stereocenters. The smallest absolute Gasteiger partial charge is 0.410 e. The van der Waals surface area contributed by atoms with E-state index < -0.39 is 5.60 Å². The van der Waals surface area contributed by atoms with Crippen molar-refractivity contribution in [2.75, 3.05) is 19.7 Å². The maximum absolute atomic E-state index is 12.2. The average Bonchev–Trinajstić information content (AvgIpc) is 2.54. The van der Waals surface area contributed by atoms with Gasteiger partial charge in [0.15, 0.2) is 0 Å². The summed E-state index contributed by atoms with van der Waals surface area (Å²) >= 11 is 0. The number of hydrogen-bond donors (Lipinski definition) is 0. The molecule has 0 saturated carbocycles. The predicted molar refractivity (Wildman–Crippen MR) is 93.7 cm³/mol. The van der Waals surface area contributed by atoms with E-state index in [0.29, 0.717) is 12.5 Å². The number of carbonyl (C=O) groups is 1. The topological polar surface area (TPSA) is 51.7 Å². The molecule has 134 valence electrons. The second-order valence-corrected chi connectivity index (χ2v) is 7.48. The SMILES string of the molecule is CC(C)(C)OC(=O)N1CCC[C@H](CCCOCc2ccncc2)C1. The number of nitrogens with zero attached hydrogens (tertiary/aromatic N) is 2. The van der Waals surface area contributed by atoms with E-state index in [0.717, 1.165) is 44.5 Å². The van der Waals surface area contributed by atoms with E-state index in [9.17, 15) is 4.79 Å². The summed E-state index contributed by atoms with van der Waals surface area (Å²) in [6, 6.07) is 3.94. The minimum absolute atomic E-state index is 0.180. The van der Waals surface area contributed by atoms with E-state index in [4.69, 9.17) is 9.47 Å². The van der Waals surface area contributed by atoms with Gasteiger partial charge in [-0.15, -0.1) is 0 Å². The van der Waals surface area contributed by atoms with Crippen LogP contribution < -0.4 is 0 Å². The Morgan fingerprint density at radius 3 is 2.79 bits per heavy atom. The molecule has 1 aliphatic heterocycles. The molecule has 24 heavy (non-hydrogen) atoms. The Balaban J connectivity index is 1.63.